The van der Waals surface area contributed by atoms with E-state index in [2.05, 4.69) is 17.2 Å². The van der Waals surface area contributed by atoms with Crippen LogP contribution in [0.3, 0.4) is 0 Å². The third kappa shape index (κ3) is 4.70. The van der Waals surface area contributed by atoms with Crippen molar-refractivity contribution in [2.24, 2.45) is 0 Å². The molecule has 0 atom stereocenters. The van der Waals surface area contributed by atoms with Gasteiger partial charge in [-0.15, -0.1) is 6.58 Å². The van der Waals surface area contributed by atoms with E-state index in [1.165, 1.54) is 0 Å². The Labute approximate surface area is 105 Å². The molecule has 0 saturated carbocycles. The number of guanidine groups is 1. The fourth-order valence-corrected chi connectivity index (χ4v) is 1.42. The molecule has 0 aromatic heterocycles. The molecular weight excluding hydrogens is 238 g/mol. The Morgan fingerprint density at radius 2 is 2.18 bits per heavy atom. The lowest BCUT2D eigenvalue weighted by Crippen LogP contribution is -2.40. The Morgan fingerprint density at radius 1 is 1.47 bits per heavy atom. The molecule has 4 nitrogen and oxygen atoms in total. The van der Waals surface area contributed by atoms with Crippen LogP contribution in [0.25, 0.3) is 0 Å². The van der Waals surface area contributed by atoms with E-state index in [1.807, 2.05) is 6.07 Å². The second kappa shape index (κ2) is 6.70. The molecule has 0 fully saturated rings. The first-order valence-corrected chi connectivity index (χ1v) is 5.48. The predicted molar refractivity (Wildman–Crippen MR) is 69.2 cm³/mol. The zero-order valence-electron chi connectivity index (χ0n) is 9.29. The molecule has 3 N–H and O–H groups in total. The highest BCUT2D eigenvalue weighted by Gasteiger charge is 2.07. The Balaban J connectivity index is 2.47. The lowest BCUT2D eigenvalue weighted by molar-refractivity contribution is -0.119. The maximum Gasteiger partial charge on any atom is 0.231 e. The predicted octanol–water partition coefficient (Wildman–Crippen LogP) is 1.71. The Kier molecular flexibility index (Phi) is 5.23. The summed E-state index contributed by atoms with van der Waals surface area (Å²) in [6.45, 7) is 3.94. The number of nitrogens with one attached hydrogen (secondary N) is 3. The van der Waals surface area contributed by atoms with Crippen LogP contribution in [0.2, 0.25) is 5.02 Å². The van der Waals surface area contributed by atoms with Crippen LogP contribution in [-0.4, -0.2) is 18.4 Å². The molecular formula is C12H14ClN3O. The maximum atomic E-state index is 11.6. The molecule has 1 aromatic rings. The van der Waals surface area contributed by atoms with Crippen molar-refractivity contribution >= 4 is 23.5 Å². The molecule has 1 rings (SSSR count). The summed E-state index contributed by atoms with van der Waals surface area (Å²) in [5.41, 5.74) is 0.739. The van der Waals surface area contributed by atoms with Crippen molar-refractivity contribution in [3.05, 3.63) is 47.5 Å². The maximum absolute atomic E-state index is 11.6. The minimum absolute atomic E-state index is 0.0399. The number of hydrogen-bond acceptors (Lipinski definition) is 2. The van der Waals surface area contributed by atoms with Gasteiger partial charge in [0, 0.05) is 11.6 Å². The molecule has 0 unspecified atom stereocenters. The molecule has 0 aliphatic rings. The van der Waals surface area contributed by atoms with Crippen LogP contribution in [0, 0.1) is 5.41 Å². The van der Waals surface area contributed by atoms with Crippen LogP contribution >= 0.6 is 11.6 Å². The Bertz CT molecular complexity index is 432. The van der Waals surface area contributed by atoms with E-state index in [4.69, 9.17) is 17.0 Å². The zero-order valence-corrected chi connectivity index (χ0v) is 10.1. The summed E-state index contributed by atoms with van der Waals surface area (Å²) in [6, 6.07) is 7.13. The number of carbonyl (C=O) groups excluding carboxylic acids is 1. The molecule has 1 aromatic carbocycles. The Hall–Kier alpha value is -1.81. The third-order valence-corrected chi connectivity index (χ3v) is 2.37. The number of benzene rings is 1. The van der Waals surface area contributed by atoms with E-state index >= 15 is 0 Å². The first-order valence-electron chi connectivity index (χ1n) is 5.10. The summed E-state index contributed by atoms with van der Waals surface area (Å²) >= 11 is 5.93. The highest BCUT2D eigenvalue weighted by Crippen LogP contribution is 2.14. The van der Waals surface area contributed by atoms with Crippen molar-refractivity contribution in [2.45, 2.75) is 6.42 Å². The van der Waals surface area contributed by atoms with Crippen molar-refractivity contribution in [2.75, 3.05) is 6.54 Å². The minimum Gasteiger partial charge on any atom is -0.353 e. The zero-order chi connectivity index (χ0) is 12.7. The van der Waals surface area contributed by atoms with E-state index in [0.717, 1.165) is 5.56 Å². The molecule has 1 amide bonds. The van der Waals surface area contributed by atoms with E-state index < -0.39 is 0 Å². The summed E-state index contributed by atoms with van der Waals surface area (Å²) in [5.74, 6) is -0.318. The highest BCUT2D eigenvalue weighted by atomic mass is 35.5. The fraction of sp³-hybridized carbons (Fsp3) is 0.167. The quantitative estimate of drug-likeness (QED) is 0.433. The van der Waals surface area contributed by atoms with Crippen LogP contribution < -0.4 is 10.6 Å². The summed E-state index contributed by atoms with van der Waals surface area (Å²) in [6.07, 6.45) is 1.76. The molecule has 0 radical (unpaired) electrons. The van der Waals surface area contributed by atoms with Gasteiger partial charge in [-0.1, -0.05) is 35.9 Å². The van der Waals surface area contributed by atoms with Gasteiger partial charge in [0.1, 0.15) is 0 Å². The second-order valence-corrected chi connectivity index (χ2v) is 3.77. The van der Waals surface area contributed by atoms with E-state index in [0.29, 0.717) is 11.6 Å². The molecule has 0 saturated heterocycles. The highest BCUT2D eigenvalue weighted by molar-refractivity contribution is 6.31. The third-order valence-electron chi connectivity index (χ3n) is 2.00. The largest absolute Gasteiger partial charge is 0.353 e. The molecule has 0 bridgehead atoms. The number of halogens is 1. The minimum atomic E-state index is -0.278. The van der Waals surface area contributed by atoms with Gasteiger partial charge in [0.15, 0.2) is 5.96 Å². The molecule has 0 heterocycles. The van der Waals surface area contributed by atoms with Gasteiger partial charge in [-0.3, -0.25) is 15.5 Å². The molecule has 5 heteroatoms. The summed E-state index contributed by atoms with van der Waals surface area (Å²) in [7, 11) is 0. The van der Waals surface area contributed by atoms with Gasteiger partial charge in [0.05, 0.1) is 6.42 Å². The van der Waals surface area contributed by atoms with Crippen LogP contribution in [0.1, 0.15) is 5.56 Å². The normalized spacial score (nSPS) is 9.47. The average Bonchev–Trinajstić information content (AvgIpc) is 2.29. The van der Waals surface area contributed by atoms with Gasteiger partial charge in [0.25, 0.3) is 0 Å². The number of carbonyl (C=O) groups is 1. The van der Waals surface area contributed by atoms with Gasteiger partial charge in [-0.2, -0.15) is 0 Å². The Morgan fingerprint density at radius 3 is 2.82 bits per heavy atom. The SMILES string of the molecule is C=CCNC(=N)NC(=O)Cc1ccccc1Cl. The summed E-state index contributed by atoms with van der Waals surface area (Å²) in [4.78, 5) is 11.6. The lowest BCUT2D eigenvalue weighted by Gasteiger charge is -2.08. The first-order chi connectivity index (χ1) is 8.13. The standard InChI is InChI=1S/C12H14ClN3O/c1-2-7-15-12(14)16-11(17)8-9-5-3-4-6-10(9)13/h2-6H,1,7-8H2,(H3,14,15,16,17). The van der Waals surface area contributed by atoms with Gasteiger partial charge in [0.2, 0.25) is 5.91 Å². The fourth-order valence-electron chi connectivity index (χ4n) is 1.22. The van der Waals surface area contributed by atoms with Crippen molar-refractivity contribution < 1.29 is 4.79 Å². The first kappa shape index (κ1) is 13.3. The van der Waals surface area contributed by atoms with Crippen LogP contribution in [0.5, 0.6) is 0 Å². The van der Waals surface area contributed by atoms with Gasteiger partial charge in [-0.25, -0.2) is 0 Å². The van der Waals surface area contributed by atoms with Crippen LogP contribution in [0.15, 0.2) is 36.9 Å². The molecule has 0 spiro atoms. The average molecular weight is 252 g/mol. The monoisotopic (exact) mass is 251 g/mol. The summed E-state index contributed by atoms with van der Waals surface area (Å²) < 4.78 is 0. The van der Waals surface area contributed by atoms with Gasteiger partial charge in [-0.05, 0) is 11.6 Å². The lowest BCUT2D eigenvalue weighted by atomic mass is 10.1. The molecule has 0 aliphatic heterocycles. The van der Waals surface area contributed by atoms with Crippen LogP contribution in [-0.2, 0) is 11.2 Å². The van der Waals surface area contributed by atoms with Crippen molar-refractivity contribution in [1.82, 2.24) is 10.6 Å². The van der Waals surface area contributed by atoms with Crippen molar-refractivity contribution in [3.63, 3.8) is 0 Å². The van der Waals surface area contributed by atoms with E-state index in [-0.39, 0.29) is 18.3 Å². The molecule has 0 aliphatic carbocycles. The number of hydrogen-bond donors (Lipinski definition) is 3. The van der Waals surface area contributed by atoms with Gasteiger partial charge < -0.3 is 5.32 Å². The van der Waals surface area contributed by atoms with Crippen molar-refractivity contribution in [3.8, 4) is 0 Å². The number of rotatable bonds is 4. The smallest absolute Gasteiger partial charge is 0.231 e. The van der Waals surface area contributed by atoms with Gasteiger partial charge >= 0.3 is 0 Å². The summed E-state index contributed by atoms with van der Waals surface area (Å²) in [5, 5.41) is 13.0. The molecule has 90 valence electrons. The van der Waals surface area contributed by atoms with E-state index in [9.17, 15) is 4.79 Å². The number of amides is 1. The topological polar surface area (TPSA) is 65.0 Å². The van der Waals surface area contributed by atoms with Crippen molar-refractivity contribution in [1.29, 1.82) is 5.41 Å². The molecule has 17 heavy (non-hydrogen) atoms. The van der Waals surface area contributed by atoms with Crippen LogP contribution in [0.4, 0.5) is 0 Å². The van der Waals surface area contributed by atoms with E-state index in [1.54, 1.807) is 24.3 Å². The second-order valence-electron chi connectivity index (χ2n) is 3.36.